The van der Waals surface area contributed by atoms with Gasteiger partial charge >= 0.3 is 0 Å². The number of nitrogens with two attached hydrogens (primary N) is 1. The second-order valence-electron chi connectivity index (χ2n) is 3.32. The molecule has 0 aromatic carbocycles. The lowest BCUT2D eigenvalue weighted by Gasteiger charge is -2.26. The second kappa shape index (κ2) is 2.09. The normalized spacial score (nSPS) is 37.0. The Balaban J connectivity index is 2.08. The minimum Gasteiger partial charge on any atom is -0.376 e. The van der Waals surface area contributed by atoms with Crippen molar-refractivity contribution in [3.05, 3.63) is 0 Å². The fourth-order valence-corrected chi connectivity index (χ4v) is 2.42. The summed E-state index contributed by atoms with van der Waals surface area (Å²) < 4.78 is 0. The quantitative estimate of drug-likeness (QED) is 0.524. The van der Waals surface area contributed by atoms with E-state index in [1.165, 1.54) is 19.3 Å². The van der Waals surface area contributed by atoms with Gasteiger partial charge in [-0.25, -0.2) is 0 Å². The number of hydrogen-bond donors (Lipinski definition) is 1. The molecule has 0 amide bonds. The third kappa shape index (κ3) is 0.804. The van der Waals surface area contributed by atoms with Crippen LogP contribution in [0.4, 0.5) is 0 Å². The molecule has 0 radical (unpaired) electrons. The summed E-state index contributed by atoms with van der Waals surface area (Å²) in [5, 5.41) is 0.604. The first-order valence-corrected chi connectivity index (χ1v) is 4.24. The highest BCUT2D eigenvalue weighted by Gasteiger charge is 2.37. The van der Waals surface area contributed by atoms with Gasteiger partial charge in [0.25, 0.3) is 0 Å². The Bertz CT molecular complexity index is 169. The molecule has 2 fully saturated rings. The Hall–Kier alpha value is -0.310. The van der Waals surface area contributed by atoms with Gasteiger partial charge in [0.05, 0.1) is 0 Å². The number of hydrogen-bond acceptors (Lipinski definition) is 1. The van der Waals surface area contributed by atoms with E-state index >= 15 is 0 Å². The molecule has 1 saturated heterocycles. The Labute approximate surface area is 66.4 Å². The van der Waals surface area contributed by atoms with Crippen molar-refractivity contribution >= 4 is 17.3 Å². The molecular formula is C7H12N2S. The van der Waals surface area contributed by atoms with E-state index in [4.69, 9.17) is 18.0 Å². The summed E-state index contributed by atoms with van der Waals surface area (Å²) in [6.07, 6.45) is 4.03. The van der Waals surface area contributed by atoms with E-state index in [0.717, 1.165) is 12.5 Å². The van der Waals surface area contributed by atoms with Gasteiger partial charge in [-0.05, 0) is 37.4 Å². The van der Waals surface area contributed by atoms with Gasteiger partial charge in [-0.2, -0.15) is 0 Å². The Morgan fingerprint density at radius 2 is 2.30 bits per heavy atom. The first-order valence-electron chi connectivity index (χ1n) is 3.83. The van der Waals surface area contributed by atoms with Gasteiger partial charge in [0.2, 0.25) is 0 Å². The summed E-state index contributed by atoms with van der Waals surface area (Å²) in [6.45, 7) is 1.12. The van der Waals surface area contributed by atoms with Crippen LogP contribution in [0.5, 0.6) is 0 Å². The minimum absolute atomic E-state index is 0.604. The first kappa shape index (κ1) is 6.40. The summed E-state index contributed by atoms with van der Waals surface area (Å²) in [7, 11) is 0. The highest BCUT2D eigenvalue weighted by molar-refractivity contribution is 7.80. The zero-order chi connectivity index (χ0) is 7.14. The number of rotatable bonds is 0. The standard InChI is InChI=1S/C7H12N2S/c8-7(10)9-4-5-1-2-6(9)3-5/h5-6H,1-4H2,(H2,8,10). The molecule has 0 aromatic rings. The van der Waals surface area contributed by atoms with Crippen LogP contribution in [-0.4, -0.2) is 22.6 Å². The van der Waals surface area contributed by atoms with Crippen LogP contribution in [0.3, 0.4) is 0 Å². The first-order chi connectivity index (χ1) is 4.77. The van der Waals surface area contributed by atoms with Gasteiger partial charge in [0, 0.05) is 12.6 Å². The minimum atomic E-state index is 0.604. The van der Waals surface area contributed by atoms with Crippen molar-refractivity contribution in [3.8, 4) is 0 Å². The van der Waals surface area contributed by atoms with Crippen molar-refractivity contribution in [1.29, 1.82) is 0 Å². The number of nitrogens with zero attached hydrogens (tertiary/aromatic N) is 1. The van der Waals surface area contributed by atoms with E-state index in [1.807, 2.05) is 0 Å². The van der Waals surface area contributed by atoms with Crippen LogP contribution in [0.2, 0.25) is 0 Å². The lowest BCUT2D eigenvalue weighted by atomic mass is 10.1. The number of fused-ring (bicyclic) bond motifs is 2. The van der Waals surface area contributed by atoms with E-state index in [0.29, 0.717) is 11.2 Å². The monoisotopic (exact) mass is 156 g/mol. The van der Waals surface area contributed by atoms with Gasteiger partial charge in [-0.15, -0.1) is 0 Å². The molecule has 2 bridgehead atoms. The average Bonchev–Trinajstić information content (AvgIpc) is 2.44. The highest BCUT2D eigenvalue weighted by Crippen LogP contribution is 2.36. The summed E-state index contributed by atoms with van der Waals surface area (Å²) >= 11 is 4.92. The topological polar surface area (TPSA) is 29.3 Å². The van der Waals surface area contributed by atoms with Crippen LogP contribution in [0.25, 0.3) is 0 Å². The molecule has 0 spiro atoms. The van der Waals surface area contributed by atoms with Crippen molar-refractivity contribution in [2.24, 2.45) is 11.7 Å². The molecule has 1 aliphatic heterocycles. The van der Waals surface area contributed by atoms with Crippen molar-refractivity contribution < 1.29 is 0 Å². The van der Waals surface area contributed by atoms with Gasteiger partial charge in [-0.3, -0.25) is 0 Å². The van der Waals surface area contributed by atoms with E-state index in [1.54, 1.807) is 0 Å². The predicted molar refractivity (Wildman–Crippen MR) is 44.6 cm³/mol. The highest BCUT2D eigenvalue weighted by atomic mass is 32.1. The molecule has 10 heavy (non-hydrogen) atoms. The fraction of sp³-hybridized carbons (Fsp3) is 0.857. The number of likely N-dealkylation sites (tertiary alicyclic amines) is 1. The van der Waals surface area contributed by atoms with Gasteiger partial charge in [-0.1, -0.05) is 0 Å². The summed E-state index contributed by atoms with van der Waals surface area (Å²) in [5.41, 5.74) is 5.54. The molecule has 3 heteroatoms. The van der Waals surface area contributed by atoms with Crippen LogP contribution in [0.1, 0.15) is 19.3 Å². The molecule has 2 aliphatic rings. The Morgan fingerprint density at radius 3 is 2.60 bits per heavy atom. The number of piperidine rings is 1. The summed E-state index contributed by atoms with van der Waals surface area (Å²) in [6, 6.07) is 0.697. The maximum atomic E-state index is 5.54. The van der Waals surface area contributed by atoms with Gasteiger partial charge in [0.15, 0.2) is 5.11 Å². The summed E-state index contributed by atoms with van der Waals surface area (Å²) in [5.74, 6) is 0.895. The zero-order valence-electron chi connectivity index (χ0n) is 5.92. The van der Waals surface area contributed by atoms with Crippen LogP contribution < -0.4 is 5.73 Å². The maximum Gasteiger partial charge on any atom is 0.166 e. The largest absolute Gasteiger partial charge is 0.376 e. The van der Waals surface area contributed by atoms with Crippen molar-refractivity contribution in [2.45, 2.75) is 25.3 Å². The lowest BCUT2D eigenvalue weighted by Crippen LogP contribution is -2.40. The summed E-state index contributed by atoms with van der Waals surface area (Å²) in [4.78, 5) is 2.18. The van der Waals surface area contributed by atoms with Crippen LogP contribution in [0.15, 0.2) is 0 Å². The van der Waals surface area contributed by atoms with E-state index < -0.39 is 0 Å². The third-order valence-electron chi connectivity index (χ3n) is 2.69. The van der Waals surface area contributed by atoms with Crippen LogP contribution in [0, 0.1) is 5.92 Å². The molecule has 2 N–H and O–H groups in total. The smallest absolute Gasteiger partial charge is 0.166 e. The Kier molecular flexibility index (Phi) is 1.34. The molecule has 1 heterocycles. The van der Waals surface area contributed by atoms with Crippen LogP contribution >= 0.6 is 12.2 Å². The van der Waals surface area contributed by atoms with E-state index in [9.17, 15) is 0 Å². The van der Waals surface area contributed by atoms with Gasteiger partial charge < -0.3 is 10.6 Å². The molecule has 1 aliphatic carbocycles. The van der Waals surface area contributed by atoms with Crippen molar-refractivity contribution in [3.63, 3.8) is 0 Å². The predicted octanol–water partition coefficient (Wildman–Crippen LogP) is 0.714. The zero-order valence-corrected chi connectivity index (χ0v) is 6.73. The molecular weight excluding hydrogens is 144 g/mol. The maximum absolute atomic E-state index is 5.54. The lowest BCUT2D eigenvalue weighted by molar-refractivity contribution is 0.329. The van der Waals surface area contributed by atoms with Gasteiger partial charge in [0.1, 0.15) is 0 Å². The molecule has 2 rings (SSSR count). The van der Waals surface area contributed by atoms with Crippen LogP contribution in [-0.2, 0) is 0 Å². The SMILES string of the molecule is NC(=S)N1CC2CCC1C2. The molecule has 2 unspecified atom stereocenters. The average molecular weight is 156 g/mol. The van der Waals surface area contributed by atoms with Crippen molar-refractivity contribution in [1.82, 2.24) is 4.90 Å². The van der Waals surface area contributed by atoms with E-state index in [-0.39, 0.29) is 0 Å². The van der Waals surface area contributed by atoms with Crippen molar-refractivity contribution in [2.75, 3.05) is 6.54 Å². The molecule has 56 valence electrons. The third-order valence-corrected chi connectivity index (χ3v) is 2.93. The number of thiocarbonyl (C=S) groups is 1. The molecule has 0 aromatic heterocycles. The molecule has 1 saturated carbocycles. The second-order valence-corrected chi connectivity index (χ2v) is 3.74. The molecule has 2 nitrogen and oxygen atoms in total. The fourth-order valence-electron chi connectivity index (χ4n) is 2.19. The molecule has 2 atom stereocenters. The van der Waals surface area contributed by atoms with E-state index in [2.05, 4.69) is 4.90 Å². The Morgan fingerprint density at radius 1 is 1.50 bits per heavy atom.